The fourth-order valence-electron chi connectivity index (χ4n) is 1.67. The summed E-state index contributed by atoms with van der Waals surface area (Å²) < 4.78 is 18.0. The molecule has 1 atom stereocenters. The Morgan fingerprint density at radius 2 is 1.87 bits per heavy atom. The maximum absolute atomic E-state index is 12.8. The van der Waals surface area contributed by atoms with Crippen molar-refractivity contribution in [3.8, 4) is 0 Å². The van der Waals surface area contributed by atoms with Crippen LogP contribution in [-0.4, -0.2) is 41.6 Å². The highest BCUT2D eigenvalue weighted by Crippen LogP contribution is 2.19. The summed E-state index contributed by atoms with van der Waals surface area (Å²) in [6.07, 6.45) is -0.991. The van der Waals surface area contributed by atoms with E-state index < -0.39 is 36.5 Å². The zero-order valence-electron chi connectivity index (χ0n) is 14.5. The molecule has 0 spiro atoms. The Morgan fingerprint density at radius 1 is 1.26 bits per heavy atom. The molecule has 0 saturated carbocycles. The second kappa shape index (κ2) is 7.76. The molecule has 0 aliphatic carbocycles. The molecule has 0 heterocycles. The first-order valence-corrected chi connectivity index (χ1v) is 7.88. The molecule has 6 nitrogen and oxygen atoms in total. The molecule has 7 heteroatoms. The Labute approximate surface area is 150 Å². The zero-order chi connectivity index (χ0) is 18.5. The lowest BCUT2D eigenvalue weighted by atomic mass is 10.1. The number of hydrogen-bond acceptors (Lipinski definition) is 5. The van der Waals surface area contributed by atoms with Gasteiger partial charge in [0.25, 0.3) is 5.91 Å². The summed E-state index contributed by atoms with van der Waals surface area (Å²) >= 11 is 1.96. The maximum Gasteiger partial charge on any atom is 0.418 e. The third-order valence-electron chi connectivity index (χ3n) is 2.70. The standard InChI is InChI=1S/C16H20INO5/c1-10(14(20)22-5)18(15(21)23-16(2,3)4)13(19)11-8-6-7-9-12(11)17/h6-10H,1-5H3/t10-/m0/s1/i1D. The largest absolute Gasteiger partial charge is 0.467 e. The Kier molecular flexibility index (Phi) is 5.97. The first kappa shape index (κ1) is 17.7. The minimum absolute atomic E-state index is 0.242. The highest BCUT2D eigenvalue weighted by molar-refractivity contribution is 14.1. The van der Waals surface area contributed by atoms with E-state index in [9.17, 15) is 14.4 Å². The lowest BCUT2D eigenvalue weighted by Crippen LogP contribution is -2.49. The number of rotatable bonds is 3. The SMILES string of the molecule is [2H]C[C@@H](C(=O)OC)N(C(=O)OC(C)(C)C)C(=O)c1ccccc1I. The van der Waals surface area contributed by atoms with Gasteiger partial charge in [-0.2, -0.15) is 0 Å². The van der Waals surface area contributed by atoms with Crippen LogP contribution in [0, 0.1) is 3.57 Å². The lowest BCUT2D eigenvalue weighted by Gasteiger charge is -2.29. The molecule has 1 aromatic carbocycles. The molecule has 0 aromatic heterocycles. The van der Waals surface area contributed by atoms with E-state index in [1.165, 1.54) is 0 Å². The molecule has 0 saturated heterocycles. The van der Waals surface area contributed by atoms with Gasteiger partial charge in [0.1, 0.15) is 11.6 Å². The van der Waals surface area contributed by atoms with E-state index in [2.05, 4.69) is 4.74 Å². The zero-order valence-corrected chi connectivity index (χ0v) is 15.6. The minimum Gasteiger partial charge on any atom is -0.467 e. The molecule has 1 rings (SSSR count). The average Bonchev–Trinajstić information content (AvgIpc) is 2.49. The van der Waals surface area contributed by atoms with Crippen LogP contribution in [-0.2, 0) is 14.3 Å². The summed E-state index contributed by atoms with van der Waals surface area (Å²) in [5.74, 6) is -1.56. The molecule has 0 aliphatic rings. The van der Waals surface area contributed by atoms with Crippen LogP contribution in [0.25, 0.3) is 0 Å². The fraction of sp³-hybridized carbons (Fsp3) is 0.438. The summed E-state index contributed by atoms with van der Waals surface area (Å²) in [7, 11) is 1.13. The van der Waals surface area contributed by atoms with Gasteiger partial charge in [0, 0.05) is 4.94 Å². The van der Waals surface area contributed by atoms with Crippen molar-refractivity contribution in [1.82, 2.24) is 4.90 Å². The second-order valence-corrected chi connectivity index (χ2v) is 6.84. The van der Waals surface area contributed by atoms with Crippen LogP contribution < -0.4 is 0 Å². The van der Waals surface area contributed by atoms with Crippen LogP contribution in [0.5, 0.6) is 0 Å². The van der Waals surface area contributed by atoms with Crippen molar-refractivity contribution in [2.45, 2.75) is 39.3 Å². The molecular formula is C16H20INO5. The van der Waals surface area contributed by atoms with Crippen LogP contribution >= 0.6 is 22.6 Å². The third-order valence-corrected chi connectivity index (χ3v) is 3.64. The van der Waals surface area contributed by atoms with E-state index in [0.717, 1.165) is 7.11 Å². The molecule has 2 amide bonds. The van der Waals surface area contributed by atoms with Crippen LogP contribution in [0.4, 0.5) is 4.79 Å². The van der Waals surface area contributed by atoms with Crippen molar-refractivity contribution in [3.63, 3.8) is 0 Å². The smallest absolute Gasteiger partial charge is 0.418 e. The fourth-order valence-corrected chi connectivity index (χ4v) is 2.29. The normalized spacial score (nSPS) is 12.8. The summed E-state index contributed by atoms with van der Waals surface area (Å²) in [4.78, 5) is 37.9. The number of imide groups is 1. The van der Waals surface area contributed by atoms with Crippen LogP contribution in [0.2, 0.25) is 0 Å². The monoisotopic (exact) mass is 434 g/mol. The van der Waals surface area contributed by atoms with Crippen molar-refractivity contribution in [3.05, 3.63) is 33.4 Å². The van der Waals surface area contributed by atoms with Gasteiger partial charge in [0.05, 0.1) is 12.7 Å². The number of carbonyl (C=O) groups is 3. The summed E-state index contributed by atoms with van der Waals surface area (Å²) in [5.41, 5.74) is -0.617. The minimum atomic E-state index is -1.38. The van der Waals surface area contributed by atoms with Crippen molar-refractivity contribution < 1.29 is 25.2 Å². The first-order chi connectivity index (χ1) is 11.1. The van der Waals surface area contributed by atoms with Crippen molar-refractivity contribution in [2.24, 2.45) is 0 Å². The van der Waals surface area contributed by atoms with Crippen molar-refractivity contribution in [1.29, 1.82) is 0 Å². The predicted octanol–water partition coefficient (Wildman–Crippen LogP) is 3.23. The number of esters is 1. The average molecular weight is 434 g/mol. The molecule has 0 fully saturated rings. The van der Waals surface area contributed by atoms with E-state index >= 15 is 0 Å². The number of halogens is 1. The predicted molar refractivity (Wildman–Crippen MR) is 93.0 cm³/mol. The number of amides is 2. The molecule has 0 N–H and O–H groups in total. The van der Waals surface area contributed by atoms with Gasteiger partial charge >= 0.3 is 12.1 Å². The quantitative estimate of drug-likeness (QED) is 0.540. The van der Waals surface area contributed by atoms with Gasteiger partial charge in [-0.3, -0.25) is 4.79 Å². The molecule has 1 aromatic rings. The van der Waals surface area contributed by atoms with Gasteiger partial charge in [-0.15, -0.1) is 0 Å². The van der Waals surface area contributed by atoms with E-state index in [1.54, 1.807) is 45.0 Å². The Hall–Kier alpha value is -1.64. The maximum atomic E-state index is 12.8. The number of hydrogen-bond donors (Lipinski definition) is 0. The lowest BCUT2D eigenvalue weighted by molar-refractivity contribution is -0.145. The van der Waals surface area contributed by atoms with Gasteiger partial charge in [-0.25, -0.2) is 14.5 Å². The van der Waals surface area contributed by atoms with Crippen LogP contribution in [0.3, 0.4) is 0 Å². The molecule has 0 aliphatic heterocycles. The highest BCUT2D eigenvalue weighted by Gasteiger charge is 2.36. The number of ether oxygens (including phenoxy) is 2. The number of carbonyl (C=O) groups excluding carboxylic acids is 3. The molecule has 126 valence electrons. The first-order valence-electron chi connectivity index (χ1n) is 7.51. The molecule has 0 radical (unpaired) electrons. The third kappa shape index (κ3) is 5.19. The number of nitrogens with zero attached hydrogens (tertiary/aromatic N) is 1. The molecule has 23 heavy (non-hydrogen) atoms. The van der Waals surface area contributed by atoms with E-state index in [0.29, 0.717) is 8.47 Å². The van der Waals surface area contributed by atoms with E-state index in [1.807, 2.05) is 22.6 Å². The number of methoxy groups -OCH3 is 1. The second-order valence-electron chi connectivity index (χ2n) is 5.67. The van der Waals surface area contributed by atoms with E-state index in [4.69, 9.17) is 6.11 Å². The van der Waals surface area contributed by atoms with Crippen molar-refractivity contribution >= 4 is 40.6 Å². The van der Waals surface area contributed by atoms with E-state index in [-0.39, 0.29) is 5.56 Å². The van der Waals surface area contributed by atoms with Gasteiger partial charge in [0.2, 0.25) is 0 Å². The van der Waals surface area contributed by atoms with Crippen LogP contribution in [0.15, 0.2) is 24.3 Å². The molecular weight excluding hydrogens is 413 g/mol. The Morgan fingerprint density at radius 3 is 2.35 bits per heavy atom. The topological polar surface area (TPSA) is 72.9 Å². The van der Waals surface area contributed by atoms with Crippen molar-refractivity contribution in [2.75, 3.05) is 7.11 Å². The van der Waals surface area contributed by atoms with Crippen LogP contribution in [0.1, 0.15) is 39.4 Å². The molecule has 0 bridgehead atoms. The highest BCUT2D eigenvalue weighted by atomic mass is 127. The van der Waals surface area contributed by atoms with Gasteiger partial charge in [-0.1, -0.05) is 12.1 Å². The Bertz CT molecular complexity index is 629. The van der Waals surface area contributed by atoms with Gasteiger partial charge < -0.3 is 9.47 Å². The number of benzene rings is 1. The Balaban J connectivity index is 3.31. The summed E-state index contributed by atoms with van der Waals surface area (Å²) in [6, 6.07) is 5.26. The van der Waals surface area contributed by atoms with Gasteiger partial charge in [-0.05, 0) is 62.4 Å². The van der Waals surface area contributed by atoms with Gasteiger partial charge in [0.15, 0.2) is 0 Å². The molecule has 0 unspecified atom stereocenters. The summed E-state index contributed by atoms with van der Waals surface area (Å²) in [6.45, 7) is 4.41. The summed E-state index contributed by atoms with van der Waals surface area (Å²) in [5, 5.41) is 0.